The van der Waals surface area contributed by atoms with Crippen molar-refractivity contribution in [2.75, 3.05) is 40.4 Å². The summed E-state index contributed by atoms with van der Waals surface area (Å²) in [6.07, 6.45) is 4.10. The fourth-order valence-electron chi connectivity index (χ4n) is 2.64. The van der Waals surface area contributed by atoms with Crippen LogP contribution in [0.3, 0.4) is 0 Å². The van der Waals surface area contributed by atoms with Crippen LogP contribution in [0.2, 0.25) is 0 Å². The summed E-state index contributed by atoms with van der Waals surface area (Å²) in [6.45, 7) is 5.11. The molecule has 1 fully saturated rings. The Morgan fingerprint density at radius 3 is 2.62 bits per heavy atom. The van der Waals surface area contributed by atoms with E-state index in [1.54, 1.807) is 7.11 Å². The molecule has 7 heteroatoms. The van der Waals surface area contributed by atoms with E-state index < -0.39 is 0 Å². The Labute approximate surface area is 141 Å². The lowest BCUT2D eigenvalue weighted by atomic mass is 9.74. The van der Waals surface area contributed by atoms with Gasteiger partial charge in [-0.2, -0.15) is 0 Å². The van der Waals surface area contributed by atoms with Gasteiger partial charge in [0.05, 0.1) is 12.5 Å². The zero-order chi connectivity index (χ0) is 14.3. The summed E-state index contributed by atoms with van der Waals surface area (Å²) in [4.78, 5) is 14.3. The zero-order valence-electron chi connectivity index (χ0n) is 13.4. The first-order valence-electron chi connectivity index (χ1n) is 7.21. The fourth-order valence-corrected chi connectivity index (χ4v) is 2.64. The van der Waals surface area contributed by atoms with Gasteiger partial charge in [-0.05, 0) is 26.8 Å². The number of nitrogens with zero attached hydrogens (tertiary/aromatic N) is 1. The molecular formula is C14H31Cl2N3O2. The molecule has 1 saturated carbocycles. The number of ether oxygens (including phenoxy) is 1. The highest BCUT2D eigenvalue weighted by Crippen LogP contribution is 2.31. The number of halogens is 2. The standard InChI is InChI=1S/C14H29N3O2.2ClH/c1-14(15)7-5-4-6-12(14)13(18)16-8-9-17(2)10-11-19-3;;/h12H,4-11,15H2,1-3H3,(H,16,18);2*1H. The van der Waals surface area contributed by atoms with Crippen molar-refractivity contribution in [3.8, 4) is 0 Å². The van der Waals surface area contributed by atoms with E-state index in [1.165, 1.54) is 0 Å². The van der Waals surface area contributed by atoms with E-state index in [9.17, 15) is 4.79 Å². The molecule has 0 heterocycles. The molecular weight excluding hydrogens is 313 g/mol. The van der Waals surface area contributed by atoms with E-state index in [1.807, 2.05) is 14.0 Å². The molecule has 2 unspecified atom stereocenters. The third-order valence-electron chi connectivity index (χ3n) is 4.04. The SMILES string of the molecule is COCCN(C)CCNC(=O)C1CCCCC1(C)N.Cl.Cl. The first-order valence-corrected chi connectivity index (χ1v) is 7.21. The molecule has 128 valence electrons. The lowest BCUT2D eigenvalue weighted by Gasteiger charge is -2.37. The van der Waals surface area contributed by atoms with Gasteiger partial charge < -0.3 is 20.7 Å². The van der Waals surface area contributed by atoms with Crippen LogP contribution >= 0.6 is 24.8 Å². The molecule has 0 aromatic heterocycles. The van der Waals surface area contributed by atoms with Crippen molar-refractivity contribution in [2.24, 2.45) is 11.7 Å². The average molecular weight is 344 g/mol. The molecule has 21 heavy (non-hydrogen) atoms. The van der Waals surface area contributed by atoms with Gasteiger partial charge in [-0.15, -0.1) is 24.8 Å². The van der Waals surface area contributed by atoms with Crippen molar-refractivity contribution in [1.29, 1.82) is 0 Å². The highest BCUT2D eigenvalue weighted by Gasteiger charge is 2.37. The van der Waals surface area contributed by atoms with E-state index in [4.69, 9.17) is 10.5 Å². The first kappa shape index (κ1) is 23.2. The quantitative estimate of drug-likeness (QED) is 0.733. The van der Waals surface area contributed by atoms with E-state index >= 15 is 0 Å². The second-order valence-corrected chi connectivity index (χ2v) is 5.89. The molecule has 0 bridgehead atoms. The maximum Gasteiger partial charge on any atom is 0.225 e. The topological polar surface area (TPSA) is 67.6 Å². The fraction of sp³-hybridized carbons (Fsp3) is 0.929. The normalized spacial score (nSPS) is 24.9. The predicted octanol–water partition coefficient (Wildman–Crippen LogP) is 1.43. The number of nitrogens with two attached hydrogens (primary N) is 1. The summed E-state index contributed by atoms with van der Waals surface area (Å²) in [7, 11) is 3.72. The largest absolute Gasteiger partial charge is 0.383 e. The van der Waals surface area contributed by atoms with Crippen LogP contribution in [-0.2, 0) is 9.53 Å². The second-order valence-electron chi connectivity index (χ2n) is 5.89. The number of amides is 1. The molecule has 2 atom stereocenters. The van der Waals surface area contributed by atoms with Gasteiger partial charge in [0, 0.05) is 32.3 Å². The Hall–Kier alpha value is -0.0700. The van der Waals surface area contributed by atoms with Gasteiger partial charge in [0.25, 0.3) is 0 Å². The Bertz CT molecular complexity index is 291. The minimum absolute atomic E-state index is 0. The number of likely N-dealkylation sites (N-methyl/N-ethyl adjacent to an activating group) is 1. The van der Waals surface area contributed by atoms with Crippen LogP contribution in [0, 0.1) is 5.92 Å². The zero-order valence-corrected chi connectivity index (χ0v) is 15.0. The summed E-state index contributed by atoms with van der Waals surface area (Å²) in [5.41, 5.74) is 5.89. The van der Waals surface area contributed by atoms with Crippen molar-refractivity contribution in [2.45, 2.75) is 38.1 Å². The molecule has 0 radical (unpaired) electrons. The van der Waals surface area contributed by atoms with Crippen molar-refractivity contribution in [3.05, 3.63) is 0 Å². The predicted molar refractivity (Wildman–Crippen MR) is 91.4 cm³/mol. The van der Waals surface area contributed by atoms with E-state index in [0.717, 1.165) is 38.8 Å². The van der Waals surface area contributed by atoms with Crippen LogP contribution in [-0.4, -0.2) is 56.7 Å². The summed E-state index contributed by atoms with van der Waals surface area (Å²) >= 11 is 0. The maximum atomic E-state index is 12.2. The van der Waals surface area contributed by atoms with Gasteiger partial charge in [-0.25, -0.2) is 0 Å². The number of methoxy groups -OCH3 is 1. The lowest BCUT2D eigenvalue weighted by molar-refractivity contribution is -0.128. The Morgan fingerprint density at radius 1 is 1.38 bits per heavy atom. The van der Waals surface area contributed by atoms with Gasteiger partial charge in [0.2, 0.25) is 5.91 Å². The summed E-state index contributed by atoms with van der Waals surface area (Å²) in [5, 5.41) is 3.01. The number of hydrogen-bond acceptors (Lipinski definition) is 4. The Morgan fingerprint density at radius 2 is 2.05 bits per heavy atom. The number of hydrogen-bond donors (Lipinski definition) is 2. The minimum atomic E-state index is -0.343. The van der Waals surface area contributed by atoms with Crippen LogP contribution in [0.4, 0.5) is 0 Å². The number of carbonyl (C=O) groups excluding carboxylic acids is 1. The molecule has 0 saturated heterocycles. The Kier molecular flexibility index (Phi) is 12.7. The van der Waals surface area contributed by atoms with E-state index in [-0.39, 0.29) is 42.2 Å². The lowest BCUT2D eigenvalue weighted by Crippen LogP contribution is -2.53. The molecule has 0 aromatic carbocycles. The molecule has 1 aliphatic rings. The monoisotopic (exact) mass is 343 g/mol. The molecule has 1 aliphatic carbocycles. The smallest absolute Gasteiger partial charge is 0.225 e. The van der Waals surface area contributed by atoms with Gasteiger partial charge in [-0.3, -0.25) is 4.79 Å². The highest BCUT2D eigenvalue weighted by atomic mass is 35.5. The third kappa shape index (κ3) is 8.21. The van der Waals surface area contributed by atoms with Crippen molar-refractivity contribution >= 4 is 30.7 Å². The van der Waals surface area contributed by atoms with Crippen LogP contribution in [0.5, 0.6) is 0 Å². The van der Waals surface area contributed by atoms with Gasteiger partial charge in [0.1, 0.15) is 0 Å². The van der Waals surface area contributed by atoms with E-state index in [2.05, 4.69) is 10.2 Å². The summed E-state index contributed by atoms with van der Waals surface area (Å²) < 4.78 is 5.02. The van der Waals surface area contributed by atoms with Crippen LogP contribution in [0.1, 0.15) is 32.6 Å². The van der Waals surface area contributed by atoms with Crippen molar-refractivity contribution < 1.29 is 9.53 Å². The highest BCUT2D eigenvalue weighted by molar-refractivity contribution is 5.85. The van der Waals surface area contributed by atoms with Crippen LogP contribution < -0.4 is 11.1 Å². The number of nitrogens with one attached hydrogen (secondary N) is 1. The Balaban J connectivity index is 0. The minimum Gasteiger partial charge on any atom is -0.383 e. The summed E-state index contributed by atoms with van der Waals surface area (Å²) in [5.74, 6) is 0.0790. The number of carbonyl (C=O) groups is 1. The second kappa shape index (κ2) is 11.5. The maximum absolute atomic E-state index is 12.2. The summed E-state index contributed by atoms with van der Waals surface area (Å²) in [6, 6.07) is 0. The van der Waals surface area contributed by atoms with Crippen molar-refractivity contribution in [1.82, 2.24) is 10.2 Å². The molecule has 0 spiro atoms. The average Bonchev–Trinajstić information content (AvgIpc) is 2.35. The third-order valence-corrected chi connectivity index (χ3v) is 4.04. The van der Waals surface area contributed by atoms with Gasteiger partial charge >= 0.3 is 0 Å². The first-order chi connectivity index (χ1) is 8.97. The molecule has 0 aromatic rings. The van der Waals surface area contributed by atoms with Crippen molar-refractivity contribution in [3.63, 3.8) is 0 Å². The van der Waals surface area contributed by atoms with Gasteiger partial charge in [-0.1, -0.05) is 12.8 Å². The van der Waals surface area contributed by atoms with Crippen LogP contribution in [0.25, 0.3) is 0 Å². The molecule has 0 aliphatic heterocycles. The molecule has 1 rings (SSSR count). The van der Waals surface area contributed by atoms with Gasteiger partial charge in [0.15, 0.2) is 0 Å². The molecule has 3 N–H and O–H groups in total. The van der Waals surface area contributed by atoms with E-state index in [0.29, 0.717) is 13.2 Å². The number of rotatable bonds is 7. The van der Waals surface area contributed by atoms with Crippen LogP contribution in [0.15, 0.2) is 0 Å². The molecule has 5 nitrogen and oxygen atoms in total. The molecule has 1 amide bonds.